The molecule has 1 saturated heterocycles. The van der Waals surface area contributed by atoms with Gasteiger partial charge in [0.25, 0.3) is 0 Å². The topological polar surface area (TPSA) is 87.2 Å². The molecule has 0 radical (unpaired) electrons. The molecule has 0 aromatic rings. The van der Waals surface area contributed by atoms with Gasteiger partial charge in [-0.05, 0) is 26.2 Å². The molecule has 7 nitrogen and oxygen atoms in total. The van der Waals surface area contributed by atoms with Crippen molar-refractivity contribution >= 4 is 18.0 Å². The van der Waals surface area contributed by atoms with E-state index in [1.165, 1.54) is 11.9 Å². The number of carboxylic acids is 1. The highest BCUT2D eigenvalue weighted by Crippen LogP contribution is 2.19. The molecule has 1 atom stereocenters. The van der Waals surface area contributed by atoms with Gasteiger partial charge < -0.3 is 19.6 Å². The average Bonchev–Trinajstić information content (AvgIpc) is 2.37. The molecule has 0 saturated carbocycles. The summed E-state index contributed by atoms with van der Waals surface area (Å²) < 4.78 is 4.95. The minimum Gasteiger partial charge on any atom is -0.480 e. The molecule has 7 heteroatoms. The summed E-state index contributed by atoms with van der Waals surface area (Å²) in [5, 5.41) is 8.69. The van der Waals surface area contributed by atoms with Gasteiger partial charge in [0.2, 0.25) is 0 Å². The molecule has 0 aromatic heterocycles. The number of aliphatic carboxylic acids is 1. The van der Waals surface area contributed by atoms with Crippen LogP contribution in [0.2, 0.25) is 0 Å². The van der Waals surface area contributed by atoms with Crippen molar-refractivity contribution in [2.45, 2.75) is 32.2 Å². The second-order valence-electron chi connectivity index (χ2n) is 4.49. The Hall–Kier alpha value is -1.79. The first-order chi connectivity index (χ1) is 8.97. The van der Waals surface area contributed by atoms with Crippen LogP contribution in [0.15, 0.2) is 0 Å². The third-order valence-corrected chi connectivity index (χ3v) is 3.01. The Morgan fingerprint density at radius 3 is 2.63 bits per heavy atom. The molecule has 1 aliphatic rings. The fourth-order valence-electron chi connectivity index (χ4n) is 2.13. The molecule has 0 spiro atoms. The SMILES string of the molecule is CCOC(=O)C1CCCCN1C(=O)N(C)CC(=O)O. The van der Waals surface area contributed by atoms with Crippen LogP contribution in [0.1, 0.15) is 26.2 Å². The Bertz CT molecular complexity index is 358. The van der Waals surface area contributed by atoms with Gasteiger partial charge in [-0.25, -0.2) is 9.59 Å². The zero-order valence-electron chi connectivity index (χ0n) is 11.3. The largest absolute Gasteiger partial charge is 0.480 e. The van der Waals surface area contributed by atoms with Crippen LogP contribution >= 0.6 is 0 Å². The lowest BCUT2D eigenvalue weighted by atomic mass is 10.0. The van der Waals surface area contributed by atoms with E-state index in [0.29, 0.717) is 13.0 Å². The zero-order chi connectivity index (χ0) is 14.4. The van der Waals surface area contributed by atoms with Crippen LogP contribution in [-0.4, -0.2) is 65.7 Å². The van der Waals surface area contributed by atoms with Crippen molar-refractivity contribution < 1.29 is 24.2 Å². The van der Waals surface area contributed by atoms with Crippen LogP contribution < -0.4 is 0 Å². The number of carbonyl (C=O) groups is 3. The number of esters is 1. The van der Waals surface area contributed by atoms with Crippen LogP contribution in [0.25, 0.3) is 0 Å². The number of rotatable bonds is 4. The fourth-order valence-corrected chi connectivity index (χ4v) is 2.13. The summed E-state index contributed by atoms with van der Waals surface area (Å²) in [4.78, 5) is 37.1. The molecule has 1 fully saturated rings. The molecule has 19 heavy (non-hydrogen) atoms. The summed E-state index contributed by atoms with van der Waals surface area (Å²) in [6, 6.07) is -1.04. The second-order valence-corrected chi connectivity index (χ2v) is 4.49. The van der Waals surface area contributed by atoms with Gasteiger partial charge in [-0.1, -0.05) is 0 Å². The second kappa shape index (κ2) is 6.96. The highest BCUT2D eigenvalue weighted by molar-refractivity contribution is 5.85. The Labute approximate surface area is 112 Å². The van der Waals surface area contributed by atoms with E-state index in [4.69, 9.17) is 9.84 Å². The van der Waals surface area contributed by atoms with Crippen molar-refractivity contribution in [3.8, 4) is 0 Å². The lowest BCUT2D eigenvalue weighted by molar-refractivity contribution is -0.149. The quantitative estimate of drug-likeness (QED) is 0.755. The fraction of sp³-hybridized carbons (Fsp3) is 0.750. The van der Waals surface area contributed by atoms with Gasteiger partial charge in [0.1, 0.15) is 12.6 Å². The van der Waals surface area contributed by atoms with Gasteiger partial charge in [0.15, 0.2) is 0 Å². The molecule has 1 unspecified atom stereocenters. The van der Waals surface area contributed by atoms with Gasteiger partial charge in [0, 0.05) is 13.6 Å². The predicted molar refractivity (Wildman–Crippen MR) is 66.6 cm³/mol. The number of hydrogen-bond acceptors (Lipinski definition) is 4. The molecule has 1 N–H and O–H groups in total. The Balaban J connectivity index is 2.73. The van der Waals surface area contributed by atoms with Crippen molar-refractivity contribution in [3.63, 3.8) is 0 Å². The number of likely N-dealkylation sites (N-methyl/N-ethyl adjacent to an activating group) is 1. The van der Waals surface area contributed by atoms with Crippen molar-refractivity contribution in [1.82, 2.24) is 9.80 Å². The number of nitrogens with zero attached hydrogens (tertiary/aromatic N) is 2. The molecule has 0 bridgehead atoms. The average molecular weight is 272 g/mol. The molecule has 1 heterocycles. The van der Waals surface area contributed by atoms with E-state index >= 15 is 0 Å². The van der Waals surface area contributed by atoms with Gasteiger partial charge in [-0.15, -0.1) is 0 Å². The molecule has 1 aliphatic heterocycles. The van der Waals surface area contributed by atoms with E-state index < -0.39 is 24.0 Å². The van der Waals surface area contributed by atoms with E-state index in [-0.39, 0.29) is 13.2 Å². The van der Waals surface area contributed by atoms with Crippen molar-refractivity contribution in [2.75, 3.05) is 26.7 Å². The number of carboxylic acid groups (broad SMARTS) is 1. The third-order valence-electron chi connectivity index (χ3n) is 3.01. The number of amides is 2. The van der Waals surface area contributed by atoms with Gasteiger partial charge in [0.05, 0.1) is 6.61 Å². The van der Waals surface area contributed by atoms with Crippen LogP contribution in [-0.2, 0) is 14.3 Å². The minimum absolute atomic E-state index is 0.266. The predicted octanol–water partition coefficient (Wildman–Crippen LogP) is 0.540. The molecule has 0 aliphatic carbocycles. The summed E-state index contributed by atoms with van der Waals surface area (Å²) in [5.41, 5.74) is 0. The lowest BCUT2D eigenvalue weighted by Gasteiger charge is -2.36. The van der Waals surface area contributed by atoms with Crippen molar-refractivity contribution in [1.29, 1.82) is 0 Å². The number of piperidine rings is 1. The zero-order valence-corrected chi connectivity index (χ0v) is 11.3. The first kappa shape index (κ1) is 15.3. The number of likely N-dealkylation sites (tertiary alicyclic amines) is 1. The van der Waals surface area contributed by atoms with Crippen molar-refractivity contribution in [3.05, 3.63) is 0 Å². The maximum Gasteiger partial charge on any atom is 0.328 e. The van der Waals surface area contributed by atoms with E-state index in [0.717, 1.165) is 17.7 Å². The smallest absolute Gasteiger partial charge is 0.328 e. The molecule has 1 rings (SSSR count). The number of ether oxygens (including phenoxy) is 1. The minimum atomic E-state index is -1.08. The standard InChI is InChI=1S/C12H20N2O5/c1-3-19-11(17)9-6-4-5-7-14(9)12(18)13(2)8-10(15)16/h9H,3-8H2,1-2H3,(H,15,16). The van der Waals surface area contributed by atoms with Crippen LogP contribution in [0.4, 0.5) is 4.79 Å². The Kier molecular flexibility index (Phi) is 5.59. The van der Waals surface area contributed by atoms with Crippen LogP contribution in [0.3, 0.4) is 0 Å². The Morgan fingerprint density at radius 2 is 2.05 bits per heavy atom. The third kappa shape index (κ3) is 4.11. The molecule has 108 valence electrons. The maximum absolute atomic E-state index is 12.1. The monoisotopic (exact) mass is 272 g/mol. The highest BCUT2D eigenvalue weighted by Gasteiger charge is 2.34. The summed E-state index contributed by atoms with van der Waals surface area (Å²) in [7, 11) is 1.41. The number of carbonyl (C=O) groups excluding carboxylic acids is 2. The lowest BCUT2D eigenvalue weighted by Crippen LogP contribution is -2.53. The van der Waals surface area contributed by atoms with Crippen LogP contribution in [0.5, 0.6) is 0 Å². The van der Waals surface area contributed by atoms with Gasteiger partial charge in [-0.2, -0.15) is 0 Å². The maximum atomic E-state index is 12.1. The summed E-state index contributed by atoms with van der Waals surface area (Å²) in [5.74, 6) is -1.50. The summed E-state index contributed by atoms with van der Waals surface area (Å²) in [6.07, 6.45) is 2.23. The first-order valence-electron chi connectivity index (χ1n) is 6.37. The van der Waals surface area contributed by atoms with Gasteiger partial charge in [-0.3, -0.25) is 4.79 Å². The number of urea groups is 1. The van der Waals surface area contributed by atoms with E-state index in [1.54, 1.807) is 6.92 Å². The van der Waals surface area contributed by atoms with E-state index in [9.17, 15) is 14.4 Å². The van der Waals surface area contributed by atoms with Crippen molar-refractivity contribution in [2.24, 2.45) is 0 Å². The summed E-state index contributed by atoms with van der Waals surface area (Å²) >= 11 is 0. The normalized spacial score (nSPS) is 18.8. The molecular formula is C12H20N2O5. The van der Waals surface area contributed by atoms with E-state index in [1.807, 2.05) is 0 Å². The van der Waals surface area contributed by atoms with Crippen LogP contribution in [0, 0.1) is 0 Å². The van der Waals surface area contributed by atoms with Gasteiger partial charge >= 0.3 is 18.0 Å². The summed E-state index contributed by atoms with van der Waals surface area (Å²) in [6.45, 7) is 2.04. The molecule has 0 aromatic carbocycles. The first-order valence-corrected chi connectivity index (χ1v) is 6.37. The Morgan fingerprint density at radius 1 is 1.37 bits per heavy atom. The number of hydrogen-bond donors (Lipinski definition) is 1. The molecule has 2 amide bonds. The molecular weight excluding hydrogens is 252 g/mol. The van der Waals surface area contributed by atoms with E-state index in [2.05, 4.69) is 0 Å². The highest BCUT2D eigenvalue weighted by atomic mass is 16.5.